The summed E-state index contributed by atoms with van der Waals surface area (Å²) in [6.07, 6.45) is 0. The molecule has 0 aliphatic rings. The highest BCUT2D eigenvalue weighted by atomic mass is 32.2. The third kappa shape index (κ3) is 4.23. The number of thioether (sulfide) groups is 1. The van der Waals surface area contributed by atoms with Crippen molar-refractivity contribution in [3.05, 3.63) is 34.4 Å². The first-order valence-corrected chi connectivity index (χ1v) is 5.66. The first-order valence-electron chi connectivity index (χ1n) is 4.67. The van der Waals surface area contributed by atoms with Crippen molar-refractivity contribution in [2.75, 3.05) is 11.1 Å². The monoisotopic (exact) mass is 254 g/mol. The maximum absolute atomic E-state index is 11.4. The van der Waals surface area contributed by atoms with Gasteiger partial charge in [0.05, 0.1) is 10.7 Å². The number of rotatable bonds is 4. The molecule has 0 atom stereocenters. The van der Waals surface area contributed by atoms with Gasteiger partial charge in [-0.25, -0.2) is 0 Å². The van der Waals surface area contributed by atoms with Crippen molar-refractivity contribution < 1.29 is 14.5 Å². The van der Waals surface area contributed by atoms with Crippen LogP contribution in [-0.4, -0.2) is 21.7 Å². The highest BCUT2D eigenvalue weighted by Crippen LogP contribution is 2.23. The maximum Gasteiger partial charge on any atom is 0.292 e. The van der Waals surface area contributed by atoms with Crippen LogP contribution in [0.15, 0.2) is 24.3 Å². The lowest BCUT2D eigenvalue weighted by atomic mass is 10.2. The molecule has 6 nitrogen and oxygen atoms in total. The first kappa shape index (κ1) is 13.2. The van der Waals surface area contributed by atoms with E-state index in [1.54, 1.807) is 6.07 Å². The van der Waals surface area contributed by atoms with Gasteiger partial charge in [0.25, 0.3) is 5.69 Å². The minimum absolute atomic E-state index is 0.0542. The second kappa shape index (κ2) is 6.00. The van der Waals surface area contributed by atoms with Crippen LogP contribution >= 0.6 is 11.8 Å². The molecule has 0 aromatic heterocycles. The number of nitro groups is 1. The van der Waals surface area contributed by atoms with Crippen molar-refractivity contribution in [1.29, 1.82) is 0 Å². The van der Waals surface area contributed by atoms with Crippen molar-refractivity contribution in [3.63, 3.8) is 0 Å². The van der Waals surface area contributed by atoms with E-state index in [4.69, 9.17) is 0 Å². The predicted octanol–water partition coefficient (Wildman–Crippen LogP) is 1.81. The van der Waals surface area contributed by atoms with E-state index in [2.05, 4.69) is 5.32 Å². The molecule has 0 bridgehead atoms. The van der Waals surface area contributed by atoms with Gasteiger partial charge in [0, 0.05) is 13.0 Å². The minimum atomic E-state index is -0.576. The number of carbonyl (C=O) groups excluding carboxylic acids is 2. The molecule has 0 spiro atoms. The van der Waals surface area contributed by atoms with Crippen molar-refractivity contribution in [2.45, 2.75) is 6.92 Å². The zero-order valence-electron chi connectivity index (χ0n) is 9.00. The molecule has 1 aromatic rings. The fourth-order valence-electron chi connectivity index (χ4n) is 1.09. The standard InChI is InChI=1S/C10H10N2O4S/c1-7(13)17-6-10(14)11-8-4-2-3-5-9(8)12(15)16/h2-5H,6H2,1H3,(H,11,14). The number of nitro benzene ring substituents is 1. The SMILES string of the molecule is CC(=O)SCC(=O)Nc1ccccc1[N+](=O)[O-]. The summed E-state index contributed by atoms with van der Waals surface area (Å²) >= 11 is 0.852. The number of carbonyl (C=O) groups is 2. The molecule has 17 heavy (non-hydrogen) atoms. The number of amides is 1. The molecule has 0 heterocycles. The van der Waals surface area contributed by atoms with Crippen molar-refractivity contribution >= 4 is 34.2 Å². The van der Waals surface area contributed by atoms with Crippen LogP contribution in [0.2, 0.25) is 0 Å². The minimum Gasteiger partial charge on any atom is -0.320 e. The third-order valence-electron chi connectivity index (χ3n) is 1.78. The van der Waals surface area contributed by atoms with Gasteiger partial charge in [-0.15, -0.1) is 0 Å². The van der Waals surface area contributed by atoms with Crippen LogP contribution in [0.25, 0.3) is 0 Å². The Bertz CT molecular complexity index is 461. The third-order valence-corrected chi connectivity index (χ3v) is 2.59. The van der Waals surface area contributed by atoms with E-state index >= 15 is 0 Å². The predicted molar refractivity (Wildman–Crippen MR) is 64.9 cm³/mol. The number of hydrogen-bond donors (Lipinski definition) is 1. The summed E-state index contributed by atoms with van der Waals surface area (Å²) in [5.41, 5.74) is -0.0414. The van der Waals surface area contributed by atoms with Crippen molar-refractivity contribution in [2.24, 2.45) is 0 Å². The fourth-order valence-corrected chi connectivity index (χ4v) is 1.50. The summed E-state index contributed by atoms with van der Waals surface area (Å²) in [6.45, 7) is 1.35. The lowest BCUT2D eigenvalue weighted by molar-refractivity contribution is -0.383. The van der Waals surface area contributed by atoms with Crippen LogP contribution in [0, 0.1) is 10.1 Å². The summed E-state index contributed by atoms with van der Waals surface area (Å²) in [5, 5.41) is 12.9. The molecule has 90 valence electrons. The highest BCUT2D eigenvalue weighted by Gasteiger charge is 2.14. The number of benzene rings is 1. The fraction of sp³-hybridized carbons (Fsp3) is 0.200. The van der Waals surface area contributed by atoms with Gasteiger partial charge in [0.2, 0.25) is 5.91 Å². The number of para-hydroxylation sites is 2. The lowest BCUT2D eigenvalue weighted by Gasteiger charge is -2.04. The molecule has 1 N–H and O–H groups in total. The number of nitrogens with one attached hydrogen (secondary N) is 1. The zero-order valence-corrected chi connectivity index (χ0v) is 9.82. The van der Waals surface area contributed by atoms with E-state index in [1.165, 1.54) is 25.1 Å². The average molecular weight is 254 g/mol. The van der Waals surface area contributed by atoms with Crippen LogP contribution in [0.3, 0.4) is 0 Å². The molecule has 0 aliphatic heterocycles. The smallest absolute Gasteiger partial charge is 0.292 e. The Balaban J connectivity index is 2.71. The normalized spacial score (nSPS) is 9.71. The largest absolute Gasteiger partial charge is 0.320 e. The second-order valence-corrected chi connectivity index (χ2v) is 4.25. The van der Waals surface area contributed by atoms with Gasteiger partial charge in [-0.05, 0) is 6.07 Å². The van der Waals surface area contributed by atoms with Gasteiger partial charge in [0.15, 0.2) is 5.12 Å². The molecule has 0 saturated carbocycles. The van der Waals surface area contributed by atoms with Crippen LogP contribution in [0.5, 0.6) is 0 Å². The summed E-state index contributed by atoms with van der Waals surface area (Å²) < 4.78 is 0. The number of anilines is 1. The van der Waals surface area contributed by atoms with E-state index in [0.717, 1.165) is 11.8 Å². The van der Waals surface area contributed by atoms with Gasteiger partial charge in [-0.3, -0.25) is 19.7 Å². The van der Waals surface area contributed by atoms with E-state index < -0.39 is 10.8 Å². The lowest BCUT2D eigenvalue weighted by Crippen LogP contribution is -2.15. The molecular weight excluding hydrogens is 244 g/mol. The molecule has 1 aromatic carbocycles. The molecule has 0 saturated heterocycles. The van der Waals surface area contributed by atoms with E-state index in [1.807, 2.05) is 0 Å². The van der Waals surface area contributed by atoms with Crippen LogP contribution < -0.4 is 5.32 Å². The van der Waals surface area contributed by atoms with E-state index in [0.29, 0.717) is 0 Å². The zero-order chi connectivity index (χ0) is 12.8. The quantitative estimate of drug-likeness (QED) is 0.653. The van der Waals surface area contributed by atoms with Crippen molar-refractivity contribution in [3.8, 4) is 0 Å². The summed E-state index contributed by atoms with van der Waals surface area (Å²) in [7, 11) is 0. The summed E-state index contributed by atoms with van der Waals surface area (Å²) in [5.74, 6) is -0.499. The Hall–Kier alpha value is -1.89. The molecular formula is C10H10N2O4S. The molecule has 1 amide bonds. The number of hydrogen-bond acceptors (Lipinski definition) is 5. The second-order valence-electron chi connectivity index (χ2n) is 3.10. The molecule has 0 radical (unpaired) electrons. The first-order chi connectivity index (χ1) is 8.00. The average Bonchev–Trinajstić information content (AvgIpc) is 2.27. The molecule has 7 heteroatoms. The Morgan fingerprint density at radius 3 is 2.65 bits per heavy atom. The Morgan fingerprint density at radius 2 is 2.06 bits per heavy atom. The van der Waals surface area contributed by atoms with E-state index in [-0.39, 0.29) is 22.2 Å². The molecule has 0 aliphatic carbocycles. The van der Waals surface area contributed by atoms with Gasteiger partial charge >= 0.3 is 0 Å². The Kier molecular flexibility index (Phi) is 4.65. The van der Waals surface area contributed by atoms with Crippen LogP contribution in [0.1, 0.15) is 6.92 Å². The van der Waals surface area contributed by atoms with Gasteiger partial charge in [-0.1, -0.05) is 23.9 Å². The molecule has 0 unspecified atom stereocenters. The summed E-state index contributed by atoms with van der Waals surface area (Å²) in [6, 6.07) is 5.83. The number of nitrogens with zero attached hydrogens (tertiary/aromatic N) is 1. The van der Waals surface area contributed by atoms with Gasteiger partial charge in [0.1, 0.15) is 5.69 Å². The Labute approximate surface area is 102 Å². The topological polar surface area (TPSA) is 89.3 Å². The summed E-state index contributed by atoms with van der Waals surface area (Å²) in [4.78, 5) is 32.1. The van der Waals surface area contributed by atoms with E-state index in [9.17, 15) is 19.7 Å². The highest BCUT2D eigenvalue weighted by molar-refractivity contribution is 8.14. The molecule has 0 fully saturated rings. The van der Waals surface area contributed by atoms with Gasteiger partial charge < -0.3 is 5.32 Å². The maximum atomic E-state index is 11.4. The van der Waals surface area contributed by atoms with Crippen LogP contribution in [-0.2, 0) is 9.59 Å². The van der Waals surface area contributed by atoms with Gasteiger partial charge in [-0.2, -0.15) is 0 Å². The molecule has 1 rings (SSSR count). The van der Waals surface area contributed by atoms with Crippen LogP contribution in [0.4, 0.5) is 11.4 Å². The van der Waals surface area contributed by atoms with Crippen molar-refractivity contribution in [1.82, 2.24) is 0 Å². The Morgan fingerprint density at radius 1 is 1.41 bits per heavy atom.